The first kappa shape index (κ1) is 12.6. The van der Waals surface area contributed by atoms with Gasteiger partial charge in [-0.25, -0.2) is 0 Å². The summed E-state index contributed by atoms with van der Waals surface area (Å²) in [5, 5.41) is 9.40. The lowest BCUT2D eigenvalue weighted by Gasteiger charge is -2.32. The number of aliphatic hydroxyl groups is 1. The predicted octanol–water partition coefficient (Wildman–Crippen LogP) is 2.31. The fourth-order valence-corrected chi connectivity index (χ4v) is 2.52. The molecule has 17 heavy (non-hydrogen) atoms. The second-order valence-electron chi connectivity index (χ2n) is 5.44. The molecule has 0 radical (unpaired) electrons. The predicted molar refractivity (Wildman–Crippen MR) is 70.8 cm³/mol. The number of aliphatic hydroxyl groups excluding tert-OH is 1. The summed E-state index contributed by atoms with van der Waals surface area (Å²) in [5.74, 6) is 0.956. The van der Waals surface area contributed by atoms with E-state index in [4.69, 9.17) is 0 Å². The zero-order valence-corrected chi connectivity index (χ0v) is 10.9. The van der Waals surface area contributed by atoms with Gasteiger partial charge in [0.15, 0.2) is 0 Å². The van der Waals surface area contributed by atoms with Crippen LogP contribution in [0.4, 0.5) is 0 Å². The van der Waals surface area contributed by atoms with E-state index in [-0.39, 0.29) is 0 Å². The first-order valence-electron chi connectivity index (χ1n) is 6.60. The molecule has 1 aliphatic rings. The highest BCUT2D eigenvalue weighted by atomic mass is 16.3. The van der Waals surface area contributed by atoms with Crippen molar-refractivity contribution in [3.05, 3.63) is 35.4 Å². The molecule has 2 heteroatoms. The number of nitrogens with zero attached hydrogens (tertiary/aromatic N) is 1. The van der Waals surface area contributed by atoms with Gasteiger partial charge in [-0.2, -0.15) is 0 Å². The maximum atomic E-state index is 9.40. The molecule has 94 valence electrons. The number of fused-ring (bicyclic) bond motifs is 1. The highest BCUT2D eigenvalue weighted by molar-refractivity contribution is 5.29. The summed E-state index contributed by atoms with van der Waals surface area (Å²) in [6.07, 6.45) is 1.15. The topological polar surface area (TPSA) is 23.5 Å². The zero-order valence-electron chi connectivity index (χ0n) is 10.9. The summed E-state index contributed by atoms with van der Waals surface area (Å²) in [4.78, 5) is 2.48. The molecule has 0 aliphatic carbocycles. The van der Waals surface area contributed by atoms with E-state index in [1.54, 1.807) is 0 Å². The molecular weight excluding hydrogens is 210 g/mol. The van der Waals surface area contributed by atoms with Gasteiger partial charge >= 0.3 is 0 Å². The van der Waals surface area contributed by atoms with E-state index in [1.165, 1.54) is 11.1 Å². The van der Waals surface area contributed by atoms with Crippen molar-refractivity contribution in [3.63, 3.8) is 0 Å². The summed E-state index contributed by atoms with van der Waals surface area (Å²) in [5.41, 5.74) is 2.95. The number of benzene rings is 1. The second-order valence-corrected chi connectivity index (χ2v) is 5.44. The molecule has 1 heterocycles. The van der Waals surface area contributed by atoms with Crippen LogP contribution in [0.3, 0.4) is 0 Å². The van der Waals surface area contributed by atoms with Gasteiger partial charge in [0.25, 0.3) is 0 Å². The first-order chi connectivity index (χ1) is 8.20. The Bertz CT molecular complexity index is 362. The molecular formula is C15H23NO. The Balaban J connectivity index is 1.98. The molecule has 1 aromatic rings. The van der Waals surface area contributed by atoms with Gasteiger partial charge in [-0.1, -0.05) is 38.1 Å². The SMILES string of the molecule is CC(C)C(CO)CN1CCc2ccccc2C1. The molecule has 1 atom stereocenters. The van der Waals surface area contributed by atoms with Crippen LogP contribution in [0.5, 0.6) is 0 Å². The summed E-state index contributed by atoms with van der Waals surface area (Å²) >= 11 is 0. The third-order valence-corrected chi connectivity index (χ3v) is 3.88. The van der Waals surface area contributed by atoms with Gasteiger partial charge < -0.3 is 5.11 Å². The number of rotatable bonds is 4. The number of hydrogen-bond acceptors (Lipinski definition) is 2. The zero-order chi connectivity index (χ0) is 12.3. The van der Waals surface area contributed by atoms with Crippen molar-refractivity contribution in [1.29, 1.82) is 0 Å². The van der Waals surface area contributed by atoms with Crippen LogP contribution in [-0.2, 0) is 13.0 Å². The quantitative estimate of drug-likeness (QED) is 0.862. The standard InChI is InChI=1S/C15H23NO/c1-12(2)15(11-17)10-16-8-7-13-5-3-4-6-14(13)9-16/h3-6,12,15,17H,7-11H2,1-2H3. The van der Waals surface area contributed by atoms with E-state index < -0.39 is 0 Å². The molecule has 0 saturated carbocycles. The molecule has 1 aliphatic heterocycles. The molecule has 1 N–H and O–H groups in total. The summed E-state index contributed by atoms with van der Waals surface area (Å²) in [6, 6.07) is 8.71. The Morgan fingerprint density at radius 3 is 2.59 bits per heavy atom. The molecule has 1 unspecified atom stereocenters. The van der Waals surface area contributed by atoms with Crippen LogP contribution in [0, 0.1) is 11.8 Å². The minimum absolute atomic E-state index is 0.301. The van der Waals surface area contributed by atoms with Gasteiger partial charge in [-0.15, -0.1) is 0 Å². The van der Waals surface area contributed by atoms with Crippen molar-refractivity contribution in [2.45, 2.75) is 26.8 Å². The first-order valence-corrected chi connectivity index (χ1v) is 6.60. The molecule has 0 saturated heterocycles. The van der Waals surface area contributed by atoms with Crippen LogP contribution in [-0.4, -0.2) is 29.7 Å². The van der Waals surface area contributed by atoms with Gasteiger partial charge in [0.1, 0.15) is 0 Å². The Morgan fingerprint density at radius 2 is 1.94 bits per heavy atom. The molecule has 0 spiro atoms. The summed E-state index contributed by atoms with van der Waals surface area (Å²) in [7, 11) is 0. The maximum Gasteiger partial charge on any atom is 0.0473 e. The molecule has 1 aromatic carbocycles. The van der Waals surface area contributed by atoms with Gasteiger partial charge in [-0.3, -0.25) is 4.90 Å². The average molecular weight is 233 g/mol. The van der Waals surface area contributed by atoms with Crippen molar-refractivity contribution >= 4 is 0 Å². The highest BCUT2D eigenvalue weighted by Gasteiger charge is 2.20. The van der Waals surface area contributed by atoms with Crippen molar-refractivity contribution in [2.24, 2.45) is 11.8 Å². The monoisotopic (exact) mass is 233 g/mol. The third kappa shape index (κ3) is 3.08. The van der Waals surface area contributed by atoms with E-state index >= 15 is 0 Å². The molecule has 0 amide bonds. The van der Waals surface area contributed by atoms with E-state index in [1.807, 2.05) is 0 Å². The molecule has 0 aromatic heterocycles. The fraction of sp³-hybridized carbons (Fsp3) is 0.600. The molecule has 0 fully saturated rings. The van der Waals surface area contributed by atoms with Crippen molar-refractivity contribution in [3.8, 4) is 0 Å². The van der Waals surface area contributed by atoms with Crippen LogP contribution in [0.2, 0.25) is 0 Å². The van der Waals surface area contributed by atoms with E-state index in [0.717, 1.165) is 26.1 Å². The van der Waals surface area contributed by atoms with Crippen LogP contribution in [0.1, 0.15) is 25.0 Å². The molecule has 2 rings (SSSR count). The van der Waals surface area contributed by atoms with Gasteiger partial charge in [0.05, 0.1) is 0 Å². The minimum Gasteiger partial charge on any atom is -0.396 e. The van der Waals surface area contributed by atoms with Crippen LogP contribution < -0.4 is 0 Å². The smallest absolute Gasteiger partial charge is 0.0473 e. The lowest BCUT2D eigenvalue weighted by atomic mass is 9.94. The summed E-state index contributed by atoms with van der Waals surface area (Å²) in [6.45, 7) is 7.87. The largest absolute Gasteiger partial charge is 0.396 e. The Labute approximate surface area is 104 Å². The van der Waals surface area contributed by atoms with Crippen LogP contribution in [0.25, 0.3) is 0 Å². The normalized spacial score (nSPS) is 18.1. The van der Waals surface area contributed by atoms with Gasteiger partial charge in [0, 0.05) is 26.2 Å². The lowest BCUT2D eigenvalue weighted by Crippen LogP contribution is -2.37. The summed E-state index contributed by atoms with van der Waals surface area (Å²) < 4.78 is 0. The third-order valence-electron chi connectivity index (χ3n) is 3.88. The fourth-order valence-electron chi connectivity index (χ4n) is 2.52. The average Bonchev–Trinajstić information content (AvgIpc) is 2.35. The second kappa shape index (κ2) is 5.65. The molecule has 2 nitrogen and oxygen atoms in total. The highest BCUT2D eigenvalue weighted by Crippen LogP contribution is 2.21. The van der Waals surface area contributed by atoms with E-state index in [2.05, 4.69) is 43.0 Å². The molecule has 0 bridgehead atoms. The Kier molecular flexibility index (Phi) is 4.19. The van der Waals surface area contributed by atoms with E-state index in [9.17, 15) is 5.11 Å². The lowest BCUT2D eigenvalue weighted by molar-refractivity contribution is 0.125. The minimum atomic E-state index is 0.301. The van der Waals surface area contributed by atoms with Crippen molar-refractivity contribution in [1.82, 2.24) is 4.90 Å². The van der Waals surface area contributed by atoms with Crippen molar-refractivity contribution < 1.29 is 5.11 Å². The van der Waals surface area contributed by atoms with Gasteiger partial charge in [0.2, 0.25) is 0 Å². The number of hydrogen-bond donors (Lipinski definition) is 1. The van der Waals surface area contributed by atoms with E-state index in [0.29, 0.717) is 18.4 Å². The maximum absolute atomic E-state index is 9.40. The van der Waals surface area contributed by atoms with Crippen molar-refractivity contribution in [2.75, 3.05) is 19.7 Å². The van der Waals surface area contributed by atoms with Crippen LogP contribution >= 0.6 is 0 Å². The Morgan fingerprint density at radius 1 is 1.24 bits per heavy atom. The van der Waals surface area contributed by atoms with Gasteiger partial charge in [-0.05, 0) is 29.4 Å². The van der Waals surface area contributed by atoms with Crippen LogP contribution in [0.15, 0.2) is 24.3 Å². The Hall–Kier alpha value is -0.860.